The molecule has 3 atom stereocenters. The maximum Gasteiger partial charge on any atom is 0.0101 e. The van der Waals surface area contributed by atoms with Crippen LogP contribution in [0.4, 0.5) is 0 Å². The first-order valence-corrected chi connectivity index (χ1v) is 5.83. The Kier molecular flexibility index (Phi) is 1.88. The Balaban J connectivity index is 1.51. The van der Waals surface area contributed by atoms with Gasteiger partial charge in [-0.25, -0.2) is 0 Å². The Morgan fingerprint density at radius 1 is 1.00 bits per heavy atom. The molecular formula is C11H20N2. The minimum Gasteiger partial charge on any atom is -0.328 e. The van der Waals surface area contributed by atoms with Gasteiger partial charge < -0.3 is 11.1 Å². The summed E-state index contributed by atoms with van der Waals surface area (Å²) in [6, 6.07) is 2.12. The van der Waals surface area contributed by atoms with Crippen molar-refractivity contribution in [1.29, 1.82) is 0 Å². The van der Waals surface area contributed by atoms with E-state index in [2.05, 4.69) is 5.32 Å². The van der Waals surface area contributed by atoms with Gasteiger partial charge in [0, 0.05) is 18.1 Å². The van der Waals surface area contributed by atoms with Gasteiger partial charge >= 0.3 is 0 Å². The lowest BCUT2D eigenvalue weighted by molar-refractivity contribution is 0.231. The summed E-state index contributed by atoms with van der Waals surface area (Å²) in [6.07, 6.45) is 8.39. The third kappa shape index (κ3) is 1.40. The first kappa shape index (κ1) is 8.25. The molecular weight excluding hydrogens is 160 g/mol. The summed E-state index contributed by atoms with van der Waals surface area (Å²) < 4.78 is 0. The van der Waals surface area contributed by atoms with E-state index in [0.717, 1.165) is 23.9 Å². The van der Waals surface area contributed by atoms with Crippen LogP contribution in [-0.4, -0.2) is 18.1 Å². The van der Waals surface area contributed by atoms with Crippen LogP contribution in [0.2, 0.25) is 0 Å². The Bertz CT molecular complexity index is 198. The monoisotopic (exact) mass is 180 g/mol. The van der Waals surface area contributed by atoms with Crippen LogP contribution in [0, 0.1) is 11.8 Å². The fourth-order valence-electron chi connectivity index (χ4n) is 3.55. The van der Waals surface area contributed by atoms with Crippen molar-refractivity contribution in [3.63, 3.8) is 0 Å². The van der Waals surface area contributed by atoms with E-state index >= 15 is 0 Å². The average molecular weight is 180 g/mol. The second kappa shape index (κ2) is 2.96. The highest BCUT2D eigenvalue weighted by Crippen LogP contribution is 2.45. The van der Waals surface area contributed by atoms with Crippen molar-refractivity contribution < 1.29 is 0 Å². The van der Waals surface area contributed by atoms with Gasteiger partial charge in [-0.1, -0.05) is 6.42 Å². The molecule has 3 saturated carbocycles. The summed E-state index contributed by atoms with van der Waals surface area (Å²) >= 11 is 0. The van der Waals surface area contributed by atoms with Crippen molar-refractivity contribution in [1.82, 2.24) is 5.32 Å². The number of nitrogens with two attached hydrogens (primary N) is 1. The summed E-state index contributed by atoms with van der Waals surface area (Å²) in [7, 11) is 0. The molecule has 74 valence electrons. The fraction of sp³-hybridized carbons (Fsp3) is 1.00. The maximum absolute atomic E-state index is 5.78. The van der Waals surface area contributed by atoms with Crippen LogP contribution in [0.25, 0.3) is 0 Å². The molecule has 0 spiro atoms. The molecule has 3 rings (SSSR count). The second-order valence-electron chi connectivity index (χ2n) is 5.38. The second-order valence-corrected chi connectivity index (χ2v) is 5.38. The van der Waals surface area contributed by atoms with E-state index in [4.69, 9.17) is 5.73 Å². The molecule has 0 aromatic rings. The molecule has 0 aromatic heterocycles. The lowest BCUT2D eigenvalue weighted by atomic mass is 9.85. The molecule has 2 heteroatoms. The van der Waals surface area contributed by atoms with Gasteiger partial charge in [-0.2, -0.15) is 0 Å². The number of hydrogen-bond donors (Lipinski definition) is 2. The largest absolute Gasteiger partial charge is 0.328 e. The van der Waals surface area contributed by atoms with Gasteiger partial charge in [-0.3, -0.25) is 0 Å². The SMILES string of the molecule is NC1CC(NC2CC3CCC2C3)C1. The summed E-state index contributed by atoms with van der Waals surface area (Å²) in [5, 5.41) is 3.80. The average Bonchev–Trinajstić information content (AvgIpc) is 2.62. The van der Waals surface area contributed by atoms with Crippen molar-refractivity contribution in [2.24, 2.45) is 17.6 Å². The van der Waals surface area contributed by atoms with E-state index in [9.17, 15) is 0 Å². The van der Waals surface area contributed by atoms with E-state index in [1.165, 1.54) is 38.5 Å². The third-order valence-corrected chi connectivity index (χ3v) is 4.36. The van der Waals surface area contributed by atoms with Crippen LogP contribution in [0.5, 0.6) is 0 Å². The van der Waals surface area contributed by atoms with Gasteiger partial charge in [-0.15, -0.1) is 0 Å². The van der Waals surface area contributed by atoms with Crippen molar-refractivity contribution in [3.05, 3.63) is 0 Å². The minimum atomic E-state index is 0.496. The van der Waals surface area contributed by atoms with E-state index in [1.54, 1.807) is 0 Å². The molecule has 3 unspecified atom stereocenters. The number of rotatable bonds is 2. The van der Waals surface area contributed by atoms with Gasteiger partial charge in [0.25, 0.3) is 0 Å². The normalized spacial score (nSPS) is 53.8. The van der Waals surface area contributed by atoms with Crippen LogP contribution in [0.15, 0.2) is 0 Å². The van der Waals surface area contributed by atoms with Gasteiger partial charge in [0.2, 0.25) is 0 Å². The fourth-order valence-corrected chi connectivity index (χ4v) is 3.55. The van der Waals surface area contributed by atoms with Gasteiger partial charge in [0.15, 0.2) is 0 Å². The molecule has 2 nitrogen and oxygen atoms in total. The predicted octanol–water partition coefficient (Wildman–Crippen LogP) is 1.25. The molecule has 0 saturated heterocycles. The zero-order valence-electron chi connectivity index (χ0n) is 8.21. The van der Waals surface area contributed by atoms with Gasteiger partial charge in [0.05, 0.1) is 0 Å². The van der Waals surface area contributed by atoms with Gasteiger partial charge in [-0.05, 0) is 43.9 Å². The standard InChI is InChI=1S/C11H20N2/c12-9-5-10(6-9)13-11-4-7-1-2-8(11)3-7/h7-11,13H,1-6,12H2. The van der Waals surface area contributed by atoms with E-state index in [0.29, 0.717) is 6.04 Å². The lowest BCUT2D eigenvalue weighted by Crippen LogP contribution is -2.52. The molecule has 3 fully saturated rings. The molecule has 0 amide bonds. The van der Waals surface area contributed by atoms with Gasteiger partial charge in [0.1, 0.15) is 0 Å². The minimum absolute atomic E-state index is 0.496. The summed E-state index contributed by atoms with van der Waals surface area (Å²) in [4.78, 5) is 0. The van der Waals surface area contributed by atoms with E-state index < -0.39 is 0 Å². The van der Waals surface area contributed by atoms with Crippen LogP contribution in [-0.2, 0) is 0 Å². The topological polar surface area (TPSA) is 38.0 Å². The zero-order valence-corrected chi connectivity index (χ0v) is 8.21. The van der Waals surface area contributed by atoms with Crippen LogP contribution in [0.3, 0.4) is 0 Å². The van der Waals surface area contributed by atoms with Crippen molar-refractivity contribution in [2.45, 2.75) is 56.7 Å². The Morgan fingerprint density at radius 2 is 1.85 bits per heavy atom. The van der Waals surface area contributed by atoms with E-state index in [-0.39, 0.29) is 0 Å². The molecule has 0 heterocycles. The van der Waals surface area contributed by atoms with Crippen molar-refractivity contribution in [3.8, 4) is 0 Å². The van der Waals surface area contributed by atoms with Crippen LogP contribution in [0.1, 0.15) is 38.5 Å². The van der Waals surface area contributed by atoms with Crippen LogP contribution >= 0.6 is 0 Å². The predicted molar refractivity (Wildman–Crippen MR) is 53.4 cm³/mol. The summed E-state index contributed by atoms with van der Waals surface area (Å²) in [6.45, 7) is 0. The molecule has 0 aliphatic heterocycles. The Hall–Kier alpha value is -0.0800. The number of nitrogens with one attached hydrogen (secondary N) is 1. The Morgan fingerprint density at radius 3 is 2.38 bits per heavy atom. The maximum atomic E-state index is 5.78. The molecule has 0 aromatic carbocycles. The van der Waals surface area contributed by atoms with E-state index in [1.807, 2.05) is 0 Å². The Labute approximate surface area is 80.3 Å². The highest BCUT2D eigenvalue weighted by Gasteiger charge is 2.41. The summed E-state index contributed by atoms with van der Waals surface area (Å²) in [5.41, 5.74) is 5.78. The molecule has 3 N–H and O–H groups in total. The lowest BCUT2D eigenvalue weighted by Gasteiger charge is -2.37. The first-order chi connectivity index (χ1) is 6.31. The smallest absolute Gasteiger partial charge is 0.0101 e. The first-order valence-electron chi connectivity index (χ1n) is 5.83. The molecule has 2 bridgehead atoms. The molecule has 3 aliphatic carbocycles. The van der Waals surface area contributed by atoms with Crippen molar-refractivity contribution >= 4 is 0 Å². The zero-order chi connectivity index (χ0) is 8.84. The number of hydrogen-bond acceptors (Lipinski definition) is 2. The quantitative estimate of drug-likeness (QED) is 0.671. The van der Waals surface area contributed by atoms with Crippen molar-refractivity contribution in [2.75, 3.05) is 0 Å². The number of fused-ring (bicyclic) bond motifs is 2. The molecule has 13 heavy (non-hydrogen) atoms. The summed E-state index contributed by atoms with van der Waals surface area (Å²) in [5.74, 6) is 2.08. The van der Waals surface area contributed by atoms with Crippen LogP contribution < -0.4 is 11.1 Å². The molecule has 3 aliphatic rings. The highest BCUT2D eigenvalue weighted by atomic mass is 15.0. The highest BCUT2D eigenvalue weighted by molar-refractivity contribution is 4.98. The molecule has 0 radical (unpaired) electrons. The third-order valence-electron chi connectivity index (χ3n) is 4.36.